The van der Waals surface area contributed by atoms with Crippen LogP contribution in [-0.2, 0) is 32.1 Å². The molecule has 2 aromatic carbocycles. The molecule has 4 amide bonds. The number of amides is 4. The molecule has 38 heavy (non-hydrogen) atoms. The smallest absolute Gasteiger partial charge is 0.408 e. The minimum atomic E-state index is -0.967. The van der Waals surface area contributed by atoms with Crippen molar-refractivity contribution in [2.45, 2.75) is 64.3 Å². The van der Waals surface area contributed by atoms with Gasteiger partial charge in [0.1, 0.15) is 30.0 Å². The number of alkyl carbamates (subject to hydrolysis) is 1. The van der Waals surface area contributed by atoms with E-state index in [4.69, 9.17) is 15.2 Å². The normalized spacial score (nSPS) is 15.9. The molecule has 2 aromatic rings. The van der Waals surface area contributed by atoms with Crippen molar-refractivity contribution in [3.8, 4) is 5.75 Å². The van der Waals surface area contributed by atoms with Gasteiger partial charge >= 0.3 is 6.09 Å². The number of benzene rings is 2. The van der Waals surface area contributed by atoms with E-state index in [0.717, 1.165) is 11.1 Å². The van der Waals surface area contributed by atoms with Crippen LogP contribution < -0.4 is 21.1 Å². The average Bonchev–Trinajstić information content (AvgIpc) is 3.35. The van der Waals surface area contributed by atoms with Crippen molar-refractivity contribution in [1.29, 1.82) is 0 Å². The van der Waals surface area contributed by atoms with Gasteiger partial charge in [0, 0.05) is 13.0 Å². The largest absolute Gasteiger partial charge is 0.489 e. The Morgan fingerprint density at radius 2 is 1.71 bits per heavy atom. The summed E-state index contributed by atoms with van der Waals surface area (Å²) in [7, 11) is 0. The predicted octanol–water partition coefficient (Wildman–Crippen LogP) is 2.29. The summed E-state index contributed by atoms with van der Waals surface area (Å²) in [5, 5.41) is 5.15. The maximum Gasteiger partial charge on any atom is 0.408 e. The molecule has 4 N–H and O–H groups in total. The maximum atomic E-state index is 13.6. The van der Waals surface area contributed by atoms with E-state index >= 15 is 0 Å². The highest BCUT2D eigenvalue weighted by Gasteiger charge is 2.38. The van der Waals surface area contributed by atoms with E-state index in [9.17, 15) is 19.2 Å². The Morgan fingerprint density at radius 3 is 2.34 bits per heavy atom. The Bertz CT molecular complexity index is 1110. The molecular weight excluding hydrogens is 488 g/mol. The van der Waals surface area contributed by atoms with E-state index in [1.807, 2.05) is 54.6 Å². The Morgan fingerprint density at radius 1 is 1.03 bits per heavy atom. The van der Waals surface area contributed by atoms with E-state index in [2.05, 4.69) is 10.6 Å². The first kappa shape index (κ1) is 28.5. The fourth-order valence-electron chi connectivity index (χ4n) is 4.14. The number of primary amides is 1. The fraction of sp³-hybridized carbons (Fsp3) is 0.429. The van der Waals surface area contributed by atoms with E-state index < -0.39 is 41.5 Å². The summed E-state index contributed by atoms with van der Waals surface area (Å²) in [5.41, 5.74) is 6.22. The Hall–Kier alpha value is -4.08. The van der Waals surface area contributed by atoms with Gasteiger partial charge in [0.15, 0.2) is 0 Å². The number of nitrogens with zero attached hydrogens (tertiary/aromatic N) is 1. The highest BCUT2D eigenvalue weighted by atomic mass is 16.6. The van der Waals surface area contributed by atoms with Crippen molar-refractivity contribution in [1.82, 2.24) is 15.5 Å². The number of hydrogen-bond acceptors (Lipinski definition) is 6. The monoisotopic (exact) mass is 524 g/mol. The van der Waals surface area contributed by atoms with Gasteiger partial charge in [-0.05, 0) is 56.9 Å². The van der Waals surface area contributed by atoms with Gasteiger partial charge in [-0.1, -0.05) is 42.5 Å². The van der Waals surface area contributed by atoms with E-state index in [1.165, 1.54) is 4.90 Å². The third-order valence-electron chi connectivity index (χ3n) is 5.88. The second kappa shape index (κ2) is 12.9. The Balaban J connectivity index is 1.71. The summed E-state index contributed by atoms with van der Waals surface area (Å²) >= 11 is 0. The molecule has 0 radical (unpaired) electrons. The van der Waals surface area contributed by atoms with Crippen LogP contribution in [0, 0.1) is 0 Å². The van der Waals surface area contributed by atoms with Crippen molar-refractivity contribution < 1.29 is 28.7 Å². The molecule has 1 aliphatic heterocycles. The summed E-state index contributed by atoms with van der Waals surface area (Å²) in [6, 6.07) is 15.4. The molecule has 0 bridgehead atoms. The van der Waals surface area contributed by atoms with Crippen molar-refractivity contribution in [2.75, 3.05) is 13.1 Å². The lowest BCUT2D eigenvalue weighted by Crippen LogP contribution is -2.55. The molecule has 0 spiro atoms. The van der Waals surface area contributed by atoms with Gasteiger partial charge in [0.2, 0.25) is 17.7 Å². The summed E-state index contributed by atoms with van der Waals surface area (Å²) < 4.78 is 11.2. The number of nitrogens with two attached hydrogens (primary N) is 1. The van der Waals surface area contributed by atoms with E-state index in [0.29, 0.717) is 31.7 Å². The number of carbonyl (C=O) groups excluding carboxylic acids is 4. The van der Waals surface area contributed by atoms with E-state index in [-0.39, 0.29) is 13.0 Å². The lowest BCUT2D eigenvalue weighted by molar-refractivity contribution is -0.140. The molecule has 3 rings (SSSR count). The second-order valence-electron chi connectivity index (χ2n) is 10.2. The number of rotatable bonds is 10. The standard InChI is InChI=1S/C28H36N4O6/c1-28(2,3)38-27(36)31-22(26(35)32-15-7-10-23(32)25(34)30-17-24(29)33)16-19-11-13-21(14-12-19)37-18-20-8-5-4-6-9-20/h4-6,8-9,11-14,22-23H,7,10,15-18H2,1-3H3,(H2,29,33)(H,30,34)(H,31,36)/t22-,23-/m0/s1. The van der Waals surface area contributed by atoms with Gasteiger partial charge in [-0.3, -0.25) is 14.4 Å². The van der Waals surface area contributed by atoms with Gasteiger partial charge < -0.3 is 30.7 Å². The molecular formula is C28H36N4O6. The molecule has 0 aliphatic carbocycles. The van der Waals surface area contributed by atoms with Crippen LogP contribution in [0.2, 0.25) is 0 Å². The predicted molar refractivity (Wildman–Crippen MR) is 141 cm³/mol. The lowest BCUT2D eigenvalue weighted by atomic mass is 10.0. The highest BCUT2D eigenvalue weighted by Crippen LogP contribution is 2.21. The number of carbonyl (C=O) groups is 4. The van der Waals surface area contributed by atoms with Crippen LogP contribution in [0.5, 0.6) is 5.75 Å². The first-order chi connectivity index (χ1) is 18.0. The van der Waals surface area contributed by atoms with Crippen LogP contribution >= 0.6 is 0 Å². The summed E-state index contributed by atoms with van der Waals surface area (Å²) in [4.78, 5) is 51.3. The average molecular weight is 525 g/mol. The van der Waals surface area contributed by atoms with Crippen LogP contribution in [0.1, 0.15) is 44.7 Å². The van der Waals surface area contributed by atoms with Gasteiger partial charge in [-0.15, -0.1) is 0 Å². The second-order valence-corrected chi connectivity index (χ2v) is 10.2. The summed E-state index contributed by atoms with van der Waals surface area (Å²) in [5.74, 6) is -0.858. The van der Waals surface area contributed by atoms with Crippen LogP contribution in [-0.4, -0.2) is 59.5 Å². The Labute approximate surface area is 222 Å². The van der Waals surface area contributed by atoms with Gasteiger partial charge in [-0.25, -0.2) is 4.79 Å². The molecule has 1 aliphatic rings. The van der Waals surface area contributed by atoms with Crippen molar-refractivity contribution >= 4 is 23.8 Å². The van der Waals surface area contributed by atoms with Crippen LogP contribution in [0.25, 0.3) is 0 Å². The van der Waals surface area contributed by atoms with Gasteiger partial charge in [-0.2, -0.15) is 0 Å². The minimum Gasteiger partial charge on any atom is -0.489 e. The molecule has 204 valence electrons. The maximum absolute atomic E-state index is 13.6. The zero-order valence-electron chi connectivity index (χ0n) is 22.1. The minimum absolute atomic E-state index is 0.184. The van der Waals surface area contributed by atoms with E-state index in [1.54, 1.807) is 20.8 Å². The van der Waals surface area contributed by atoms with Crippen molar-refractivity contribution in [3.63, 3.8) is 0 Å². The Kier molecular flexibility index (Phi) is 9.70. The van der Waals surface area contributed by atoms with Gasteiger partial charge in [0.25, 0.3) is 0 Å². The lowest BCUT2D eigenvalue weighted by Gasteiger charge is -2.29. The quantitative estimate of drug-likeness (QED) is 0.436. The zero-order valence-corrected chi connectivity index (χ0v) is 22.1. The molecule has 1 fully saturated rings. The zero-order chi connectivity index (χ0) is 27.7. The number of likely N-dealkylation sites (tertiary alicyclic amines) is 1. The molecule has 0 saturated carbocycles. The third-order valence-corrected chi connectivity index (χ3v) is 5.88. The van der Waals surface area contributed by atoms with Crippen molar-refractivity contribution in [2.24, 2.45) is 5.73 Å². The SMILES string of the molecule is CC(C)(C)OC(=O)N[C@@H](Cc1ccc(OCc2ccccc2)cc1)C(=O)N1CCC[C@H]1C(=O)NCC(N)=O. The van der Waals surface area contributed by atoms with Crippen LogP contribution in [0.15, 0.2) is 54.6 Å². The number of ether oxygens (including phenoxy) is 2. The third kappa shape index (κ3) is 8.79. The van der Waals surface area contributed by atoms with Crippen LogP contribution in [0.4, 0.5) is 4.79 Å². The highest BCUT2D eigenvalue weighted by molar-refractivity contribution is 5.93. The number of hydrogen-bond donors (Lipinski definition) is 3. The topological polar surface area (TPSA) is 140 Å². The van der Waals surface area contributed by atoms with Gasteiger partial charge in [0.05, 0.1) is 6.54 Å². The fourth-order valence-corrected chi connectivity index (χ4v) is 4.14. The molecule has 10 nitrogen and oxygen atoms in total. The molecule has 1 saturated heterocycles. The molecule has 0 unspecified atom stereocenters. The molecule has 1 heterocycles. The number of nitrogens with one attached hydrogen (secondary N) is 2. The van der Waals surface area contributed by atoms with Crippen LogP contribution in [0.3, 0.4) is 0 Å². The molecule has 2 atom stereocenters. The molecule has 10 heteroatoms. The first-order valence-corrected chi connectivity index (χ1v) is 12.6. The first-order valence-electron chi connectivity index (χ1n) is 12.6. The summed E-state index contributed by atoms with van der Waals surface area (Å²) in [6.07, 6.45) is 0.520. The molecule has 0 aromatic heterocycles. The van der Waals surface area contributed by atoms with Crippen molar-refractivity contribution in [3.05, 3.63) is 65.7 Å². The summed E-state index contributed by atoms with van der Waals surface area (Å²) in [6.45, 7) is 5.67.